The number of hydrogen-bond donors (Lipinski definition) is 1. The number of benzene rings is 1. The first-order valence-electron chi connectivity index (χ1n) is 8.03. The van der Waals surface area contributed by atoms with Crippen molar-refractivity contribution in [1.82, 2.24) is 15.2 Å². The first-order valence-corrected chi connectivity index (χ1v) is 8.03. The van der Waals surface area contributed by atoms with E-state index in [4.69, 9.17) is 4.74 Å². The van der Waals surface area contributed by atoms with E-state index in [1.165, 1.54) is 12.1 Å². The van der Waals surface area contributed by atoms with Crippen molar-refractivity contribution in [3.63, 3.8) is 0 Å². The van der Waals surface area contributed by atoms with E-state index in [0.29, 0.717) is 5.56 Å². The van der Waals surface area contributed by atoms with Crippen LogP contribution in [0, 0.1) is 19.7 Å². The summed E-state index contributed by atoms with van der Waals surface area (Å²) in [6, 6.07) is 5.50. The molecule has 0 fully saturated rings. The average molecular weight is 345 g/mol. The Morgan fingerprint density at radius 2 is 2.08 bits per heavy atom. The van der Waals surface area contributed by atoms with E-state index in [-0.39, 0.29) is 18.3 Å². The van der Waals surface area contributed by atoms with E-state index in [2.05, 4.69) is 10.3 Å². The molecule has 6 heteroatoms. The van der Waals surface area contributed by atoms with Gasteiger partial charge in [0.1, 0.15) is 17.6 Å². The molecule has 1 aromatic heterocycles. The Bertz CT molecular complexity index is 762. The molecule has 134 valence electrons. The van der Waals surface area contributed by atoms with Gasteiger partial charge in [-0.05, 0) is 45.6 Å². The van der Waals surface area contributed by atoms with Gasteiger partial charge in [-0.25, -0.2) is 4.39 Å². The number of amides is 1. The van der Waals surface area contributed by atoms with E-state index >= 15 is 0 Å². The average Bonchev–Trinajstić information content (AvgIpc) is 2.54. The number of hydrogen-bond acceptors (Lipinski definition) is 4. The van der Waals surface area contributed by atoms with Crippen molar-refractivity contribution >= 4 is 5.91 Å². The number of nitrogens with one attached hydrogen (secondary N) is 1. The molecule has 0 aliphatic carbocycles. The minimum Gasteiger partial charge on any atom is -0.496 e. The van der Waals surface area contributed by atoms with Crippen molar-refractivity contribution in [3.05, 3.63) is 58.7 Å². The van der Waals surface area contributed by atoms with Gasteiger partial charge in [-0.1, -0.05) is 12.1 Å². The Morgan fingerprint density at radius 1 is 1.36 bits per heavy atom. The number of carbonyl (C=O) groups excluding carboxylic acids is 1. The standard InChI is InChI=1S/C19H24FN3O2/c1-12-10-21-16(13(2)18(12)25-5)11-22-19(24)17(23(3)4)14-7-6-8-15(20)9-14/h6-10,17H,11H2,1-5H3,(H,22,24)/t17-/m0/s1. The van der Waals surface area contributed by atoms with Crippen LogP contribution in [0.15, 0.2) is 30.5 Å². The van der Waals surface area contributed by atoms with Gasteiger partial charge in [0.15, 0.2) is 0 Å². The van der Waals surface area contributed by atoms with E-state index < -0.39 is 6.04 Å². The first-order chi connectivity index (χ1) is 11.8. The number of likely N-dealkylation sites (N-methyl/N-ethyl adjacent to an activating group) is 1. The minimum absolute atomic E-state index is 0.212. The zero-order valence-electron chi connectivity index (χ0n) is 15.3. The van der Waals surface area contributed by atoms with Crippen LogP contribution in [0.25, 0.3) is 0 Å². The third-order valence-corrected chi connectivity index (χ3v) is 4.11. The van der Waals surface area contributed by atoms with E-state index in [0.717, 1.165) is 22.6 Å². The summed E-state index contributed by atoms with van der Waals surface area (Å²) in [5, 5.41) is 2.89. The molecule has 0 aliphatic rings. The number of halogens is 1. The van der Waals surface area contributed by atoms with Crippen LogP contribution in [0.1, 0.15) is 28.4 Å². The summed E-state index contributed by atoms with van der Waals surface area (Å²) in [4.78, 5) is 18.8. The van der Waals surface area contributed by atoms with Crippen LogP contribution in [0.4, 0.5) is 4.39 Å². The van der Waals surface area contributed by atoms with Crippen LogP contribution in [-0.4, -0.2) is 37.0 Å². The van der Waals surface area contributed by atoms with Crippen molar-refractivity contribution < 1.29 is 13.9 Å². The van der Waals surface area contributed by atoms with Crippen LogP contribution < -0.4 is 10.1 Å². The molecule has 0 radical (unpaired) electrons. The maximum Gasteiger partial charge on any atom is 0.242 e. The van der Waals surface area contributed by atoms with Gasteiger partial charge in [0, 0.05) is 17.3 Å². The van der Waals surface area contributed by atoms with Crippen molar-refractivity contribution in [2.75, 3.05) is 21.2 Å². The second-order valence-electron chi connectivity index (χ2n) is 6.19. The molecule has 1 atom stereocenters. The molecule has 0 spiro atoms. The summed E-state index contributed by atoms with van der Waals surface area (Å²) in [5.41, 5.74) is 3.19. The van der Waals surface area contributed by atoms with E-state index in [9.17, 15) is 9.18 Å². The highest BCUT2D eigenvalue weighted by molar-refractivity contribution is 5.83. The SMILES string of the molecule is COc1c(C)cnc(CNC(=O)[C@H](c2cccc(F)c2)N(C)C)c1C. The van der Waals surface area contributed by atoms with Crippen molar-refractivity contribution in [2.24, 2.45) is 0 Å². The highest BCUT2D eigenvalue weighted by Crippen LogP contribution is 2.24. The molecular weight excluding hydrogens is 321 g/mol. The summed E-state index contributed by atoms with van der Waals surface area (Å²) < 4.78 is 18.9. The van der Waals surface area contributed by atoms with Gasteiger partial charge in [-0.15, -0.1) is 0 Å². The lowest BCUT2D eigenvalue weighted by Gasteiger charge is -2.24. The fourth-order valence-electron chi connectivity index (χ4n) is 2.88. The van der Waals surface area contributed by atoms with Gasteiger partial charge in [-0.3, -0.25) is 14.7 Å². The molecule has 1 N–H and O–H groups in total. The molecule has 0 saturated heterocycles. The van der Waals surface area contributed by atoms with E-state index in [1.54, 1.807) is 44.4 Å². The molecule has 1 aromatic carbocycles. The Balaban J connectivity index is 2.18. The third-order valence-electron chi connectivity index (χ3n) is 4.11. The van der Waals surface area contributed by atoms with E-state index in [1.807, 2.05) is 13.8 Å². The Morgan fingerprint density at radius 3 is 2.68 bits per heavy atom. The van der Waals surface area contributed by atoms with Crippen LogP contribution in [0.2, 0.25) is 0 Å². The second kappa shape index (κ2) is 8.07. The van der Waals surface area contributed by atoms with Gasteiger partial charge in [0.2, 0.25) is 5.91 Å². The molecule has 1 amide bonds. The summed E-state index contributed by atoms with van der Waals surface area (Å²) in [6.07, 6.45) is 1.73. The predicted molar refractivity (Wildman–Crippen MR) is 94.9 cm³/mol. The van der Waals surface area contributed by atoms with Gasteiger partial charge < -0.3 is 10.1 Å². The highest BCUT2D eigenvalue weighted by Gasteiger charge is 2.23. The Labute approximate surface area is 147 Å². The summed E-state index contributed by atoms with van der Waals surface area (Å²) in [6.45, 7) is 4.12. The number of carbonyl (C=O) groups is 1. The van der Waals surface area contributed by atoms with Crippen molar-refractivity contribution in [3.8, 4) is 5.75 Å². The fraction of sp³-hybridized carbons (Fsp3) is 0.368. The monoisotopic (exact) mass is 345 g/mol. The number of pyridine rings is 1. The maximum atomic E-state index is 13.5. The molecule has 0 unspecified atom stereocenters. The van der Waals surface area contributed by atoms with Gasteiger partial charge in [0.05, 0.1) is 19.3 Å². The largest absolute Gasteiger partial charge is 0.496 e. The van der Waals surface area contributed by atoms with Crippen LogP contribution >= 0.6 is 0 Å². The highest BCUT2D eigenvalue weighted by atomic mass is 19.1. The zero-order valence-corrected chi connectivity index (χ0v) is 15.3. The van der Waals surface area contributed by atoms with Crippen LogP contribution in [0.3, 0.4) is 0 Å². The van der Waals surface area contributed by atoms with Crippen LogP contribution in [-0.2, 0) is 11.3 Å². The molecule has 2 rings (SSSR count). The summed E-state index contributed by atoms with van der Waals surface area (Å²) in [7, 11) is 5.19. The lowest BCUT2D eigenvalue weighted by atomic mass is 10.0. The molecule has 0 bridgehead atoms. The molecule has 25 heavy (non-hydrogen) atoms. The minimum atomic E-state index is -0.580. The second-order valence-corrected chi connectivity index (χ2v) is 6.19. The van der Waals surface area contributed by atoms with Crippen molar-refractivity contribution in [1.29, 1.82) is 0 Å². The number of rotatable bonds is 6. The lowest BCUT2D eigenvalue weighted by molar-refractivity contribution is -0.126. The molecule has 0 aliphatic heterocycles. The number of methoxy groups -OCH3 is 1. The molecule has 0 saturated carbocycles. The summed E-state index contributed by atoms with van der Waals surface area (Å²) >= 11 is 0. The third kappa shape index (κ3) is 4.33. The molecular formula is C19H24FN3O2. The lowest BCUT2D eigenvalue weighted by Crippen LogP contribution is -2.37. The molecule has 2 aromatic rings. The zero-order chi connectivity index (χ0) is 18.6. The Hall–Kier alpha value is -2.47. The van der Waals surface area contributed by atoms with Gasteiger partial charge in [0.25, 0.3) is 0 Å². The van der Waals surface area contributed by atoms with Crippen molar-refractivity contribution in [2.45, 2.75) is 26.4 Å². The van der Waals surface area contributed by atoms with Gasteiger partial charge in [-0.2, -0.15) is 0 Å². The maximum absolute atomic E-state index is 13.5. The van der Waals surface area contributed by atoms with Crippen LogP contribution in [0.5, 0.6) is 5.75 Å². The quantitative estimate of drug-likeness (QED) is 0.875. The fourth-order valence-corrected chi connectivity index (χ4v) is 2.88. The summed E-state index contributed by atoms with van der Waals surface area (Å²) in [5.74, 6) is 0.197. The predicted octanol–water partition coefficient (Wildman–Crippen LogP) is 2.77. The number of nitrogens with zero attached hydrogens (tertiary/aromatic N) is 2. The van der Waals surface area contributed by atoms with Gasteiger partial charge >= 0.3 is 0 Å². The normalized spacial score (nSPS) is 12.1. The number of aromatic nitrogens is 1. The molecule has 1 heterocycles. The number of aryl methyl sites for hydroxylation is 1. The first kappa shape index (κ1) is 18.9. The topological polar surface area (TPSA) is 54.5 Å². The smallest absolute Gasteiger partial charge is 0.242 e. The molecule has 5 nitrogen and oxygen atoms in total. The number of ether oxygens (including phenoxy) is 1. The Kier molecular flexibility index (Phi) is 6.09.